The molecule has 0 aromatic carbocycles. The third kappa shape index (κ3) is 5.31. The Morgan fingerprint density at radius 1 is 1.29 bits per heavy atom. The Morgan fingerprint density at radius 2 is 1.88 bits per heavy atom. The summed E-state index contributed by atoms with van der Waals surface area (Å²) in [4.78, 5) is 2.06. The number of sulfonamides is 1. The molecular weight excluding hydrogens is 244 g/mol. The fraction of sp³-hybridized carbons (Fsp3) is 1.00. The minimum absolute atomic E-state index is 0.336. The second kappa shape index (κ2) is 6.65. The first kappa shape index (κ1) is 14.8. The summed E-state index contributed by atoms with van der Waals surface area (Å²) in [5.41, 5.74) is 0. The average Bonchev–Trinajstić information content (AvgIpc) is 2.26. The quantitative estimate of drug-likeness (QED) is 0.665. The monoisotopic (exact) mass is 266 g/mol. The molecule has 1 rings (SSSR count). The molecule has 0 aromatic heterocycles. The maximum absolute atomic E-state index is 11.3. The predicted molar refractivity (Wildman–Crippen MR) is 65.4 cm³/mol. The normalized spacial score (nSPS) is 21.6. The molecule has 1 N–H and O–H groups in total. The van der Waals surface area contributed by atoms with Gasteiger partial charge in [0.15, 0.2) is 0 Å². The minimum atomic E-state index is -3.07. The fourth-order valence-corrected chi connectivity index (χ4v) is 2.67. The Bertz CT molecular complexity index is 312. The number of nitrogens with zero attached hydrogens (tertiary/aromatic N) is 2. The molecule has 7 heteroatoms. The Kier molecular flexibility index (Phi) is 5.81. The van der Waals surface area contributed by atoms with E-state index in [9.17, 15) is 13.5 Å². The molecule has 0 saturated carbocycles. The van der Waals surface area contributed by atoms with E-state index in [1.807, 2.05) is 6.92 Å². The van der Waals surface area contributed by atoms with Crippen molar-refractivity contribution in [1.29, 1.82) is 0 Å². The Morgan fingerprint density at radius 3 is 2.35 bits per heavy atom. The largest absolute Gasteiger partial charge is 0.389 e. The van der Waals surface area contributed by atoms with Crippen molar-refractivity contribution in [3.05, 3.63) is 0 Å². The lowest BCUT2D eigenvalue weighted by molar-refractivity contribution is 0.0157. The lowest BCUT2D eigenvalue weighted by Gasteiger charge is -2.34. The molecular formula is C10H22N2O4S. The van der Waals surface area contributed by atoms with Gasteiger partial charge in [0.05, 0.1) is 19.0 Å². The number of piperazine rings is 1. The van der Waals surface area contributed by atoms with E-state index in [1.165, 1.54) is 10.6 Å². The zero-order valence-corrected chi connectivity index (χ0v) is 11.3. The van der Waals surface area contributed by atoms with E-state index >= 15 is 0 Å². The van der Waals surface area contributed by atoms with Gasteiger partial charge in [-0.05, 0) is 6.92 Å². The number of rotatable bonds is 6. The molecule has 0 aromatic rings. The molecule has 1 heterocycles. The third-order valence-electron chi connectivity index (χ3n) is 2.78. The zero-order chi connectivity index (χ0) is 12.9. The number of ether oxygens (including phenoxy) is 1. The molecule has 1 fully saturated rings. The van der Waals surface area contributed by atoms with Crippen LogP contribution in [0.2, 0.25) is 0 Å². The van der Waals surface area contributed by atoms with Crippen LogP contribution < -0.4 is 0 Å². The number of hydrogen-bond acceptors (Lipinski definition) is 5. The highest BCUT2D eigenvalue weighted by Gasteiger charge is 2.24. The van der Waals surface area contributed by atoms with Gasteiger partial charge in [-0.15, -0.1) is 0 Å². The lowest BCUT2D eigenvalue weighted by atomic mass is 10.3. The smallest absolute Gasteiger partial charge is 0.211 e. The topological polar surface area (TPSA) is 70.1 Å². The van der Waals surface area contributed by atoms with Crippen molar-refractivity contribution in [2.75, 3.05) is 52.2 Å². The second-order valence-electron chi connectivity index (χ2n) is 4.28. The Balaban J connectivity index is 2.28. The van der Waals surface area contributed by atoms with E-state index in [2.05, 4.69) is 4.90 Å². The highest BCUT2D eigenvalue weighted by atomic mass is 32.2. The van der Waals surface area contributed by atoms with E-state index in [0.29, 0.717) is 45.9 Å². The molecule has 0 spiro atoms. The minimum Gasteiger partial charge on any atom is -0.389 e. The van der Waals surface area contributed by atoms with Gasteiger partial charge in [0, 0.05) is 39.3 Å². The van der Waals surface area contributed by atoms with E-state index in [-0.39, 0.29) is 0 Å². The molecule has 17 heavy (non-hydrogen) atoms. The molecule has 6 nitrogen and oxygen atoms in total. The van der Waals surface area contributed by atoms with Crippen molar-refractivity contribution in [3.8, 4) is 0 Å². The zero-order valence-electron chi connectivity index (χ0n) is 10.5. The van der Waals surface area contributed by atoms with Gasteiger partial charge in [-0.2, -0.15) is 4.31 Å². The molecule has 1 aliphatic heterocycles. The summed E-state index contributed by atoms with van der Waals surface area (Å²) in [7, 11) is -3.07. The van der Waals surface area contributed by atoms with Crippen LogP contribution in [-0.2, 0) is 14.8 Å². The third-order valence-corrected chi connectivity index (χ3v) is 4.09. The maximum Gasteiger partial charge on any atom is 0.211 e. The van der Waals surface area contributed by atoms with Crippen LogP contribution in [0.4, 0.5) is 0 Å². The van der Waals surface area contributed by atoms with Crippen LogP contribution in [0, 0.1) is 0 Å². The molecule has 1 saturated heterocycles. The molecule has 0 amide bonds. The molecule has 1 aliphatic rings. The standard InChI is InChI=1S/C10H22N2O4S/c1-3-16-9-10(13)8-11-4-6-12(7-5-11)17(2,14)15/h10,13H,3-9H2,1-2H3. The van der Waals surface area contributed by atoms with Gasteiger partial charge in [-0.25, -0.2) is 8.42 Å². The Hall–Kier alpha value is -0.210. The molecule has 1 unspecified atom stereocenters. The van der Waals surface area contributed by atoms with Crippen LogP contribution in [0.3, 0.4) is 0 Å². The Labute approximate surface area is 103 Å². The van der Waals surface area contributed by atoms with Gasteiger partial charge in [0.2, 0.25) is 10.0 Å². The first-order valence-corrected chi connectivity index (χ1v) is 7.71. The van der Waals surface area contributed by atoms with Crippen molar-refractivity contribution >= 4 is 10.0 Å². The fourth-order valence-electron chi connectivity index (χ4n) is 1.85. The van der Waals surface area contributed by atoms with Gasteiger partial charge >= 0.3 is 0 Å². The van der Waals surface area contributed by atoms with Crippen LogP contribution in [0.1, 0.15) is 6.92 Å². The SMILES string of the molecule is CCOCC(O)CN1CCN(S(C)(=O)=O)CC1. The van der Waals surface area contributed by atoms with E-state index in [1.54, 1.807) is 0 Å². The van der Waals surface area contributed by atoms with E-state index in [4.69, 9.17) is 4.74 Å². The van der Waals surface area contributed by atoms with Crippen molar-refractivity contribution in [3.63, 3.8) is 0 Å². The number of hydrogen-bond donors (Lipinski definition) is 1. The average molecular weight is 266 g/mol. The van der Waals surface area contributed by atoms with E-state index in [0.717, 1.165) is 0 Å². The van der Waals surface area contributed by atoms with Crippen molar-refractivity contribution in [1.82, 2.24) is 9.21 Å². The number of aliphatic hydroxyl groups is 1. The summed E-state index contributed by atoms with van der Waals surface area (Å²) in [6, 6.07) is 0. The highest BCUT2D eigenvalue weighted by molar-refractivity contribution is 7.88. The summed E-state index contributed by atoms with van der Waals surface area (Å²) >= 11 is 0. The maximum atomic E-state index is 11.3. The van der Waals surface area contributed by atoms with Crippen LogP contribution in [0.5, 0.6) is 0 Å². The summed E-state index contributed by atoms with van der Waals surface area (Å²) in [5.74, 6) is 0. The van der Waals surface area contributed by atoms with Gasteiger partial charge in [0.25, 0.3) is 0 Å². The van der Waals surface area contributed by atoms with Crippen molar-refractivity contribution < 1.29 is 18.3 Å². The van der Waals surface area contributed by atoms with Crippen LogP contribution in [0.25, 0.3) is 0 Å². The van der Waals surface area contributed by atoms with Crippen LogP contribution in [-0.4, -0.2) is 81.0 Å². The lowest BCUT2D eigenvalue weighted by Crippen LogP contribution is -2.50. The molecule has 1 atom stereocenters. The number of aliphatic hydroxyl groups excluding tert-OH is 1. The van der Waals surface area contributed by atoms with Gasteiger partial charge in [-0.3, -0.25) is 4.90 Å². The predicted octanol–water partition coefficient (Wildman–Crippen LogP) is -1.04. The van der Waals surface area contributed by atoms with Crippen LogP contribution in [0.15, 0.2) is 0 Å². The van der Waals surface area contributed by atoms with Gasteiger partial charge in [-0.1, -0.05) is 0 Å². The van der Waals surface area contributed by atoms with Gasteiger partial charge < -0.3 is 9.84 Å². The van der Waals surface area contributed by atoms with Gasteiger partial charge in [0.1, 0.15) is 0 Å². The summed E-state index contributed by atoms with van der Waals surface area (Å²) in [6.45, 7) is 5.68. The summed E-state index contributed by atoms with van der Waals surface area (Å²) in [6.07, 6.45) is 0.729. The highest BCUT2D eigenvalue weighted by Crippen LogP contribution is 2.06. The first-order valence-electron chi connectivity index (χ1n) is 5.86. The second-order valence-corrected chi connectivity index (χ2v) is 6.26. The van der Waals surface area contributed by atoms with Crippen molar-refractivity contribution in [2.45, 2.75) is 13.0 Å². The van der Waals surface area contributed by atoms with Crippen LogP contribution >= 0.6 is 0 Å². The van der Waals surface area contributed by atoms with E-state index < -0.39 is 16.1 Å². The summed E-state index contributed by atoms with van der Waals surface area (Å²) < 4.78 is 29.2. The summed E-state index contributed by atoms with van der Waals surface area (Å²) in [5, 5.41) is 9.66. The first-order chi connectivity index (χ1) is 7.93. The molecule has 0 radical (unpaired) electrons. The number of β-amino-alcohol motifs (C(OH)–C–C–N with tert-alkyl or cyclic N) is 1. The molecule has 0 bridgehead atoms. The van der Waals surface area contributed by atoms with Crippen molar-refractivity contribution in [2.24, 2.45) is 0 Å². The molecule has 102 valence electrons. The molecule has 0 aliphatic carbocycles.